The summed E-state index contributed by atoms with van der Waals surface area (Å²) in [5.74, 6) is 0.668. The van der Waals surface area contributed by atoms with Gasteiger partial charge in [0.1, 0.15) is 0 Å². The summed E-state index contributed by atoms with van der Waals surface area (Å²) in [4.78, 5) is 30.7. The van der Waals surface area contributed by atoms with Gasteiger partial charge in [-0.25, -0.2) is 0 Å². The average Bonchev–Trinajstić information content (AvgIpc) is 3.48. The number of hydrogen-bond acceptors (Lipinski definition) is 2. The fourth-order valence-electron chi connectivity index (χ4n) is 4.35. The number of nitrogens with one attached hydrogen (secondary N) is 2. The Labute approximate surface area is 176 Å². The van der Waals surface area contributed by atoms with E-state index in [4.69, 9.17) is 0 Å². The van der Waals surface area contributed by atoms with Crippen LogP contribution in [0, 0.1) is 11.8 Å². The van der Waals surface area contributed by atoms with Crippen LogP contribution in [-0.2, 0) is 9.59 Å². The van der Waals surface area contributed by atoms with Crippen LogP contribution < -0.4 is 5.32 Å². The van der Waals surface area contributed by atoms with Gasteiger partial charge in [0.15, 0.2) is 0 Å². The van der Waals surface area contributed by atoms with Gasteiger partial charge in [-0.05, 0) is 55.9 Å². The lowest BCUT2D eigenvalue weighted by atomic mass is 9.96. The monoisotopic (exact) mass is 401 g/mol. The SMILES string of the molecule is O=C(Nc1cccc(-c2cc3ccccc3[nH]2)c1)[C@@H]1CCCN(C(=O)CC2CC2)C1. The number of benzene rings is 2. The minimum Gasteiger partial charge on any atom is -0.355 e. The molecule has 2 amide bonds. The first-order valence-electron chi connectivity index (χ1n) is 10.9. The summed E-state index contributed by atoms with van der Waals surface area (Å²) < 4.78 is 0. The average molecular weight is 402 g/mol. The van der Waals surface area contributed by atoms with Gasteiger partial charge in [0.05, 0.1) is 5.92 Å². The van der Waals surface area contributed by atoms with Gasteiger partial charge >= 0.3 is 0 Å². The van der Waals surface area contributed by atoms with Crippen molar-refractivity contribution in [2.24, 2.45) is 11.8 Å². The van der Waals surface area contributed by atoms with Gasteiger partial charge in [0.25, 0.3) is 0 Å². The van der Waals surface area contributed by atoms with Gasteiger partial charge in [0, 0.05) is 47.4 Å². The maximum atomic E-state index is 12.9. The van der Waals surface area contributed by atoms with E-state index in [1.807, 2.05) is 41.3 Å². The standard InChI is InChI=1S/C25H27N3O2/c29-24(13-17-10-11-17)28-12-4-7-20(16-28)25(30)26-21-8-3-6-18(14-21)23-15-19-5-1-2-9-22(19)27-23/h1-3,5-6,8-9,14-15,17,20,27H,4,7,10-13,16H2,(H,26,30)/t20-/m1/s1. The number of amides is 2. The third-order valence-corrected chi connectivity index (χ3v) is 6.28. The number of likely N-dealkylation sites (tertiary alicyclic amines) is 1. The lowest BCUT2D eigenvalue weighted by Gasteiger charge is -2.32. The maximum absolute atomic E-state index is 12.9. The molecule has 0 unspecified atom stereocenters. The Morgan fingerprint density at radius 3 is 2.73 bits per heavy atom. The third-order valence-electron chi connectivity index (χ3n) is 6.28. The Morgan fingerprint density at radius 2 is 1.90 bits per heavy atom. The van der Waals surface area contributed by atoms with E-state index in [1.54, 1.807) is 0 Å². The number of hydrogen-bond donors (Lipinski definition) is 2. The molecule has 2 heterocycles. The van der Waals surface area contributed by atoms with Crippen LogP contribution in [0.15, 0.2) is 54.6 Å². The topological polar surface area (TPSA) is 65.2 Å². The Balaban J connectivity index is 1.26. The van der Waals surface area contributed by atoms with Crippen molar-refractivity contribution in [3.05, 3.63) is 54.6 Å². The molecule has 2 aromatic carbocycles. The number of fused-ring (bicyclic) bond motifs is 1. The molecule has 2 N–H and O–H groups in total. The van der Waals surface area contributed by atoms with Crippen LogP contribution in [0.2, 0.25) is 0 Å². The molecule has 1 atom stereocenters. The molecule has 1 aromatic heterocycles. The first-order valence-corrected chi connectivity index (χ1v) is 10.9. The number of anilines is 1. The second-order valence-electron chi connectivity index (χ2n) is 8.67. The molecule has 1 saturated carbocycles. The molecule has 2 aliphatic rings. The normalized spacial score (nSPS) is 19.1. The van der Waals surface area contributed by atoms with Gasteiger partial charge in [-0.1, -0.05) is 30.3 Å². The predicted molar refractivity (Wildman–Crippen MR) is 119 cm³/mol. The van der Waals surface area contributed by atoms with Gasteiger partial charge in [-0.3, -0.25) is 9.59 Å². The molecule has 1 saturated heterocycles. The highest BCUT2D eigenvalue weighted by Gasteiger charge is 2.31. The van der Waals surface area contributed by atoms with E-state index in [9.17, 15) is 9.59 Å². The van der Waals surface area contributed by atoms with Crippen molar-refractivity contribution in [1.82, 2.24) is 9.88 Å². The van der Waals surface area contributed by atoms with Gasteiger partial charge in [0.2, 0.25) is 11.8 Å². The van der Waals surface area contributed by atoms with Gasteiger partial charge in [-0.2, -0.15) is 0 Å². The van der Waals surface area contributed by atoms with Crippen LogP contribution in [0.4, 0.5) is 5.69 Å². The molecule has 154 valence electrons. The summed E-state index contributed by atoms with van der Waals surface area (Å²) in [5, 5.41) is 4.24. The lowest BCUT2D eigenvalue weighted by molar-refractivity contribution is -0.134. The van der Waals surface area contributed by atoms with Crippen molar-refractivity contribution in [3.8, 4) is 11.3 Å². The fraction of sp³-hybridized carbons (Fsp3) is 0.360. The lowest BCUT2D eigenvalue weighted by Crippen LogP contribution is -2.43. The van der Waals surface area contributed by atoms with Crippen LogP contribution in [0.1, 0.15) is 32.1 Å². The smallest absolute Gasteiger partial charge is 0.229 e. The van der Waals surface area contributed by atoms with Crippen LogP contribution in [-0.4, -0.2) is 34.8 Å². The summed E-state index contributed by atoms with van der Waals surface area (Å²) in [6.45, 7) is 1.32. The molecule has 5 nitrogen and oxygen atoms in total. The van der Waals surface area contributed by atoms with E-state index in [2.05, 4.69) is 28.5 Å². The minimum atomic E-state index is -0.140. The van der Waals surface area contributed by atoms with E-state index in [1.165, 1.54) is 18.2 Å². The first kappa shape index (κ1) is 18.9. The number of H-pyrrole nitrogens is 1. The molecule has 5 heteroatoms. The molecule has 3 aromatic rings. The zero-order valence-corrected chi connectivity index (χ0v) is 17.1. The maximum Gasteiger partial charge on any atom is 0.229 e. The minimum absolute atomic E-state index is 0.00715. The van der Waals surface area contributed by atoms with Crippen LogP contribution in [0.5, 0.6) is 0 Å². The Morgan fingerprint density at radius 1 is 1.03 bits per heavy atom. The quantitative estimate of drug-likeness (QED) is 0.644. The molecular formula is C25H27N3O2. The van der Waals surface area contributed by atoms with E-state index in [0.717, 1.165) is 41.8 Å². The summed E-state index contributed by atoms with van der Waals surface area (Å²) in [6, 6.07) is 18.2. The number of carbonyl (C=O) groups excluding carboxylic acids is 2. The zero-order chi connectivity index (χ0) is 20.5. The second-order valence-corrected chi connectivity index (χ2v) is 8.67. The Hall–Kier alpha value is -3.08. The highest BCUT2D eigenvalue weighted by Crippen LogP contribution is 2.33. The van der Waals surface area contributed by atoms with Crippen molar-refractivity contribution in [2.75, 3.05) is 18.4 Å². The van der Waals surface area contributed by atoms with Gasteiger partial charge in [-0.15, -0.1) is 0 Å². The number of nitrogens with zero attached hydrogens (tertiary/aromatic N) is 1. The zero-order valence-electron chi connectivity index (χ0n) is 17.1. The molecule has 1 aliphatic heterocycles. The van der Waals surface area contributed by atoms with E-state index in [-0.39, 0.29) is 17.7 Å². The summed E-state index contributed by atoms with van der Waals surface area (Å²) in [7, 11) is 0. The van der Waals surface area contributed by atoms with E-state index in [0.29, 0.717) is 18.9 Å². The fourth-order valence-corrected chi connectivity index (χ4v) is 4.35. The predicted octanol–water partition coefficient (Wildman–Crippen LogP) is 4.81. The van der Waals surface area contributed by atoms with E-state index >= 15 is 0 Å². The molecule has 30 heavy (non-hydrogen) atoms. The van der Waals surface area contributed by atoms with Crippen molar-refractivity contribution >= 4 is 28.4 Å². The number of piperidine rings is 1. The third kappa shape index (κ3) is 4.11. The summed E-state index contributed by atoms with van der Waals surface area (Å²) in [5.41, 5.74) is 3.95. The van der Waals surface area contributed by atoms with Crippen molar-refractivity contribution in [3.63, 3.8) is 0 Å². The number of carbonyl (C=O) groups is 2. The van der Waals surface area contributed by atoms with Crippen molar-refractivity contribution in [1.29, 1.82) is 0 Å². The van der Waals surface area contributed by atoms with E-state index < -0.39 is 0 Å². The number of rotatable bonds is 5. The summed E-state index contributed by atoms with van der Waals surface area (Å²) in [6.07, 6.45) is 4.73. The summed E-state index contributed by atoms with van der Waals surface area (Å²) >= 11 is 0. The Bertz CT molecular complexity index is 1050. The van der Waals surface area contributed by atoms with Crippen LogP contribution in [0.3, 0.4) is 0 Å². The molecule has 1 aliphatic carbocycles. The molecule has 2 fully saturated rings. The van der Waals surface area contributed by atoms with Crippen molar-refractivity contribution < 1.29 is 9.59 Å². The van der Waals surface area contributed by atoms with Crippen LogP contribution >= 0.6 is 0 Å². The molecular weight excluding hydrogens is 374 g/mol. The Kier molecular flexibility index (Phi) is 5.03. The number of para-hydroxylation sites is 1. The first-order chi connectivity index (χ1) is 14.7. The highest BCUT2D eigenvalue weighted by molar-refractivity contribution is 5.94. The van der Waals surface area contributed by atoms with Crippen LogP contribution in [0.25, 0.3) is 22.2 Å². The number of aromatic nitrogens is 1. The highest BCUT2D eigenvalue weighted by atomic mass is 16.2. The van der Waals surface area contributed by atoms with Crippen molar-refractivity contribution in [2.45, 2.75) is 32.1 Å². The molecule has 5 rings (SSSR count). The second kappa shape index (κ2) is 7.98. The molecule has 0 radical (unpaired) electrons. The molecule has 0 bridgehead atoms. The van der Waals surface area contributed by atoms with Gasteiger partial charge < -0.3 is 15.2 Å². The molecule has 0 spiro atoms. The number of aromatic amines is 1. The largest absolute Gasteiger partial charge is 0.355 e.